The van der Waals surface area contributed by atoms with Crippen LogP contribution in [0.5, 0.6) is 5.75 Å². The molecule has 0 radical (unpaired) electrons. The van der Waals surface area contributed by atoms with E-state index in [2.05, 4.69) is 0 Å². The van der Waals surface area contributed by atoms with E-state index < -0.39 is 12.0 Å². The van der Waals surface area contributed by atoms with Gasteiger partial charge in [-0.2, -0.15) is 0 Å². The Morgan fingerprint density at radius 3 is 2.45 bits per heavy atom. The number of nitrogens with zero attached hydrogens (tertiary/aromatic N) is 2. The van der Waals surface area contributed by atoms with Crippen LogP contribution in [0.15, 0.2) is 111 Å². The number of rotatable bonds is 8. The maximum atomic E-state index is 14.1. The lowest BCUT2D eigenvalue weighted by Crippen LogP contribution is -2.40. The molecule has 3 heterocycles. The standard InChI is InChI=1S/C35H28N2O6S/c1-4-42-34(40)30-31(24-9-6-5-7-10-24)36-35-37(32(30)25-11-8-12-26(19-25)41-3)33(39)29(44-35)20-27-17-18-28(43-27)23-15-13-22(14-16-23)21(2)38/h5-20,32H,4H2,1-3H3/b29-20-/t32-/m1/s1. The van der Waals surface area contributed by atoms with Gasteiger partial charge in [-0.3, -0.25) is 14.2 Å². The van der Waals surface area contributed by atoms with E-state index in [1.807, 2.05) is 66.7 Å². The number of benzene rings is 3. The monoisotopic (exact) mass is 604 g/mol. The van der Waals surface area contributed by atoms with Crippen LogP contribution in [0.1, 0.15) is 47.1 Å². The number of carbonyl (C=O) groups excluding carboxylic acids is 2. The molecule has 0 saturated heterocycles. The van der Waals surface area contributed by atoms with Gasteiger partial charge in [-0.05, 0) is 43.7 Å². The number of esters is 1. The number of Topliss-reactive ketones (excluding diaryl/α,β-unsaturated/α-hetero) is 1. The normalized spacial score (nSPS) is 14.6. The molecule has 3 aromatic carbocycles. The summed E-state index contributed by atoms with van der Waals surface area (Å²) in [5.74, 6) is 1.10. The van der Waals surface area contributed by atoms with Crippen LogP contribution in [0.2, 0.25) is 0 Å². The molecular weight excluding hydrogens is 576 g/mol. The highest BCUT2D eigenvalue weighted by Gasteiger charge is 2.35. The zero-order valence-electron chi connectivity index (χ0n) is 24.3. The first-order valence-corrected chi connectivity index (χ1v) is 14.8. The topological polar surface area (TPSA) is 100 Å². The quantitative estimate of drug-likeness (QED) is 0.174. The molecule has 0 bridgehead atoms. The molecule has 0 N–H and O–H groups in total. The number of thiazole rings is 1. The van der Waals surface area contributed by atoms with E-state index in [-0.39, 0.29) is 23.5 Å². The van der Waals surface area contributed by atoms with Crippen molar-refractivity contribution in [3.8, 4) is 17.1 Å². The van der Waals surface area contributed by atoms with Crippen molar-refractivity contribution in [1.82, 2.24) is 4.57 Å². The highest BCUT2D eigenvalue weighted by atomic mass is 32.1. The third-order valence-corrected chi connectivity index (χ3v) is 8.24. The number of hydrogen-bond donors (Lipinski definition) is 0. The van der Waals surface area contributed by atoms with Crippen molar-refractivity contribution in [2.75, 3.05) is 13.7 Å². The predicted molar refractivity (Wildman–Crippen MR) is 168 cm³/mol. The molecule has 1 aliphatic heterocycles. The van der Waals surface area contributed by atoms with Crippen LogP contribution < -0.4 is 19.6 Å². The number of furan rings is 1. The van der Waals surface area contributed by atoms with Crippen molar-refractivity contribution in [3.63, 3.8) is 0 Å². The molecule has 0 spiro atoms. The van der Waals surface area contributed by atoms with Crippen LogP contribution in [0.3, 0.4) is 0 Å². The Balaban J connectivity index is 1.53. The second kappa shape index (κ2) is 12.1. The van der Waals surface area contributed by atoms with Crippen molar-refractivity contribution < 1.29 is 23.5 Å². The Morgan fingerprint density at radius 2 is 1.75 bits per heavy atom. The number of methoxy groups -OCH3 is 1. The zero-order valence-corrected chi connectivity index (χ0v) is 25.1. The number of ketones is 1. The van der Waals surface area contributed by atoms with Gasteiger partial charge in [0.25, 0.3) is 5.56 Å². The molecule has 2 aromatic heterocycles. The average molecular weight is 605 g/mol. The van der Waals surface area contributed by atoms with Crippen molar-refractivity contribution in [2.24, 2.45) is 4.99 Å². The van der Waals surface area contributed by atoms with Crippen LogP contribution in [-0.4, -0.2) is 30.0 Å². The lowest BCUT2D eigenvalue weighted by atomic mass is 9.93. The van der Waals surface area contributed by atoms with Gasteiger partial charge < -0.3 is 13.9 Å². The second-order valence-electron chi connectivity index (χ2n) is 10.0. The molecule has 8 nitrogen and oxygen atoms in total. The lowest BCUT2D eigenvalue weighted by molar-refractivity contribution is -0.138. The number of carbonyl (C=O) groups is 2. The highest BCUT2D eigenvalue weighted by Crippen LogP contribution is 2.36. The van der Waals surface area contributed by atoms with E-state index in [0.717, 1.165) is 11.1 Å². The molecule has 220 valence electrons. The van der Waals surface area contributed by atoms with Gasteiger partial charge in [-0.15, -0.1) is 0 Å². The summed E-state index contributed by atoms with van der Waals surface area (Å²) in [4.78, 5) is 44.7. The molecule has 9 heteroatoms. The summed E-state index contributed by atoms with van der Waals surface area (Å²) in [5, 5.41) is 0. The van der Waals surface area contributed by atoms with E-state index in [9.17, 15) is 14.4 Å². The fraction of sp³-hybridized carbons (Fsp3) is 0.143. The van der Waals surface area contributed by atoms with Gasteiger partial charge in [0.2, 0.25) is 0 Å². The van der Waals surface area contributed by atoms with Crippen LogP contribution in [-0.2, 0) is 9.53 Å². The first-order valence-electron chi connectivity index (χ1n) is 14.0. The van der Waals surface area contributed by atoms with Crippen LogP contribution >= 0.6 is 11.3 Å². The summed E-state index contributed by atoms with van der Waals surface area (Å²) >= 11 is 1.21. The van der Waals surface area contributed by atoms with Gasteiger partial charge in [0.1, 0.15) is 17.3 Å². The highest BCUT2D eigenvalue weighted by molar-refractivity contribution is 7.07. The molecule has 0 amide bonds. The molecule has 1 atom stereocenters. The van der Waals surface area contributed by atoms with Crippen molar-refractivity contribution in [3.05, 3.63) is 139 Å². The Morgan fingerprint density at radius 1 is 0.977 bits per heavy atom. The zero-order chi connectivity index (χ0) is 30.8. The summed E-state index contributed by atoms with van der Waals surface area (Å²) in [6.07, 6.45) is 1.68. The Hall–Kier alpha value is -5.28. The number of hydrogen-bond acceptors (Lipinski definition) is 8. The molecule has 44 heavy (non-hydrogen) atoms. The first kappa shape index (κ1) is 28.8. The molecule has 0 saturated carbocycles. The van der Waals surface area contributed by atoms with Crippen LogP contribution in [0.4, 0.5) is 0 Å². The fourth-order valence-electron chi connectivity index (χ4n) is 5.15. The molecular formula is C35H28N2O6S. The molecule has 0 aliphatic carbocycles. The average Bonchev–Trinajstić information content (AvgIpc) is 3.64. The third-order valence-electron chi connectivity index (χ3n) is 7.26. The maximum Gasteiger partial charge on any atom is 0.338 e. The smallest absolute Gasteiger partial charge is 0.338 e. The van der Waals surface area contributed by atoms with Gasteiger partial charge in [-0.1, -0.05) is 78.1 Å². The summed E-state index contributed by atoms with van der Waals surface area (Å²) in [5.41, 5.74) is 3.22. The molecule has 5 aromatic rings. The van der Waals surface area contributed by atoms with Crippen molar-refractivity contribution in [1.29, 1.82) is 0 Å². The summed E-state index contributed by atoms with van der Waals surface area (Å²) < 4.78 is 19.0. The minimum Gasteiger partial charge on any atom is -0.497 e. The second-order valence-corrected chi connectivity index (χ2v) is 11.1. The van der Waals surface area contributed by atoms with Crippen LogP contribution in [0.25, 0.3) is 23.1 Å². The summed E-state index contributed by atoms with van der Waals surface area (Å²) in [6.45, 7) is 3.43. The summed E-state index contributed by atoms with van der Waals surface area (Å²) in [7, 11) is 1.57. The van der Waals surface area contributed by atoms with Gasteiger partial charge >= 0.3 is 5.97 Å². The number of fused-ring (bicyclic) bond motifs is 1. The van der Waals surface area contributed by atoms with E-state index in [0.29, 0.717) is 43.4 Å². The van der Waals surface area contributed by atoms with Crippen LogP contribution in [0, 0.1) is 0 Å². The summed E-state index contributed by atoms with van der Waals surface area (Å²) in [6, 6.07) is 26.6. The SMILES string of the molecule is CCOC(=O)C1=C(c2ccccc2)N=c2s/c(=C\c3ccc(-c4ccc(C(C)=O)cc4)o3)c(=O)n2[C@@H]1c1cccc(OC)c1. The molecule has 1 aliphatic rings. The van der Waals surface area contributed by atoms with E-state index >= 15 is 0 Å². The maximum absolute atomic E-state index is 14.1. The largest absolute Gasteiger partial charge is 0.497 e. The Kier molecular flexibility index (Phi) is 7.95. The van der Waals surface area contributed by atoms with Gasteiger partial charge in [0, 0.05) is 22.8 Å². The van der Waals surface area contributed by atoms with Gasteiger partial charge in [0.15, 0.2) is 10.6 Å². The first-order chi connectivity index (χ1) is 21.4. The van der Waals surface area contributed by atoms with Gasteiger partial charge in [0.05, 0.1) is 35.6 Å². The van der Waals surface area contributed by atoms with E-state index in [1.165, 1.54) is 22.8 Å². The van der Waals surface area contributed by atoms with Crippen molar-refractivity contribution >= 4 is 34.9 Å². The number of ether oxygens (including phenoxy) is 2. The predicted octanol–water partition coefficient (Wildman–Crippen LogP) is 5.41. The third kappa shape index (κ3) is 5.45. The molecule has 0 unspecified atom stereocenters. The molecule has 6 rings (SSSR count). The van der Waals surface area contributed by atoms with Gasteiger partial charge in [-0.25, -0.2) is 9.79 Å². The fourth-order valence-corrected chi connectivity index (χ4v) is 6.13. The number of aromatic nitrogens is 1. The van der Waals surface area contributed by atoms with E-state index in [1.54, 1.807) is 44.4 Å². The Labute approximate surface area is 256 Å². The molecule has 0 fully saturated rings. The lowest BCUT2D eigenvalue weighted by Gasteiger charge is -2.26. The minimum atomic E-state index is -0.815. The van der Waals surface area contributed by atoms with E-state index in [4.69, 9.17) is 18.9 Å². The Bertz CT molecular complexity index is 2080. The minimum absolute atomic E-state index is 0.0131. The van der Waals surface area contributed by atoms with Crippen molar-refractivity contribution in [2.45, 2.75) is 19.9 Å².